The molecule has 0 saturated heterocycles. The molecule has 2 aromatic rings. The minimum atomic E-state index is -0.401. The van der Waals surface area contributed by atoms with Crippen LogP contribution in [0.15, 0.2) is 48.5 Å². The van der Waals surface area contributed by atoms with Gasteiger partial charge in [-0.25, -0.2) is 4.79 Å². The van der Waals surface area contributed by atoms with Crippen LogP contribution in [-0.2, 0) is 11.3 Å². The number of nitrogens with two attached hydrogens (primary N) is 1. The van der Waals surface area contributed by atoms with Gasteiger partial charge < -0.3 is 10.5 Å². The summed E-state index contributed by atoms with van der Waals surface area (Å²) in [7, 11) is 0. The van der Waals surface area contributed by atoms with E-state index in [1.807, 2.05) is 12.1 Å². The molecule has 0 saturated carbocycles. The Bertz CT molecular complexity index is 569. The van der Waals surface area contributed by atoms with Gasteiger partial charge in [-0.3, -0.25) is 0 Å². The van der Waals surface area contributed by atoms with Crippen molar-refractivity contribution in [3.8, 4) is 0 Å². The van der Waals surface area contributed by atoms with Gasteiger partial charge >= 0.3 is 5.97 Å². The van der Waals surface area contributed by atoms with Crippen LogP contribution in [0.3, 0.4) is 0 Å². The second-order valence-electron chi connectivity index (χ2n) is 3.83. The molecule has 2 N–H and O–H groups in total. The Kier molecular flexibility index (Phi) is 3.85. The summed E-state index contributed by atoms with van der Waals surface area (Å²) in [4.78, 5) is 11.7. The summed E-state index contributed by atoms with van der Waals surface area (Å²) in [5, 5.41) is 0.618. The van der Waals surface area contributed by atoms with Gasteiger partial charge in [-0.1, -0.05) is 29.8 Å². The molecule has 0 aromatic heterocycles. The molecule has 0 aliphatic heterocycles. The summed E-state index contributed by atoms with van der Waals surface area (Å²) in [6.07, 6.45) is 0. The van der Waals surface area contributed by atoms with Crippen LogP contribution >= 0.6 is 11.6 Å². The number of carbonyl (C=O) groups excluding carboxylic acids is 1. The number of halogens is 1. The van der Waals surface area contributed by atoms with Crippen molar-refractivity contribution in [1.29, 1.82) is 0 Å². The van der Waals surface area contributed by atoms with Crippen LogP contribution in [-0.4, -0.2) is 5.97 Å². The van der Waals surface area contributed by atoms with Gasteiger partial charge in [0.25, 0.3) is 0 Å². The maximum Gasteiger partial charge on any atom is 0.338 e. The monoisotopic (exact) mass is 261 g/mol. The van der Waals surface area contributed by atoms with Crippen LogP contribution in [0, 0.1) is 0 Å². The molecule has 0 radical (unpaired) electrons. The van der Waals surface area contributed by atoms with Gasteiger partial charge in [0.2, 0.25) is 0 Å². The highest BCUT2D eigenvalue weighted by Crippen LogP contribution is 2.13. The zero-order valence-corrected chi connectivity index (χ0v) is 10.4. The fourth-order valence-corrected chi connectivity index (χ4v) is 1.74. The van der Waals surface area contributed by atoms with E-state index in [1.54, 1.807) is 36.4 Å². The minimum absolute atomic E-state index is 0.189. The first-order valence-corrected chi connectivity index (χ1v) is 5.80. The molecule has 0 atom stereocenters. The number of hydrogen-bond acceptors (Lipinski definition) is 3. The van der Waals surface area contributed by atoms with Crippen molar-refractivity contribution in [3.05, 3.63) is 64.7 Å². The van der Waals surface area contributed by atoms with E-state index in [0.717, 1.165) is 5.56 Å². The molecule has 0 aliphatic rings. The summed E-state index contributed by atoms with van der Waals surface area (Å²) < 4.78 is 5.17. The molecule has 2 aromatic carbocycles. The van der Waals surface area contributed by atoms with E-state index in [4.69, 9.17) is 22.1 Å². The first-order chi connectivity index (χ1) is 8.65. The second-order valence-corrected chi connectivity index (χ2v) is 4.27. The Hall–Kier alpha value is -2.00. The molecular weight excluding hydrogens is 250 g/mol. The van der Waals surface area contributed by atoms with Crippen molar-refractivity contribution in [2.24, 2.45) is 0 Å². The van der Waals surface area contributed by atoms with Crippen molar-refractivity contribution in [2.75, 3.05) is 5.73 Å². The van der Waals surface area contributed by atoms with Crippen molar-refractivity contribution >= 4 is 23.3 Å². The van der Waals surface area contributed by atoms with Gasteiger partial charge in [-0.15, -0.1) is 0 Å². The topological polar surface area (TPSA) is 52.3 Å². The van der Waals surface area contributed by atoms with Crippen molar-refractivity contribution < 1.29 is 9.53 Å². The first kappa shape index (κ1) is 12.5. The molecule has 0 aliphatic carbocycles. The third-order valence-electron chi connectivity index (χ3n) is 2.38. The number of anilines is 1. The fraction of sp³-hybridized carbons (Fsp3) is 0.0714. The van der Waals surface area contributed by atoms with Gasteiger partial charge in [-0.05, 0) is 35.9 Å². The quantitative estimate of drug-likeness (QED) is 0.681. The molecule has 4 heteroatoms. The van der Waals surface area contributed by atoms with Crippen LogP contribution in [0.25, 0.3) is 0 Å². The molecule has 0 bridgehead atoms. The average Bonchev–Trinajstić information content (AvgIpc) is 2.36. The number of benzene rings is 2. The molecule has 0 fully saturated rings. The lowest BCUT2D eigenvalue weighted by Crippen LogP contribution is -2.05. The Morgan fingerprint density at radius 3 is 2.67 bits per heavy atom. The molecule has 2 rings (SSSR count). The summed E-state index contributed by atoms with van der Waals surface area (Å²) in [5.41, 5.74) is 7.42. The molecule has 3 nitrogen and oxygen atoms in total. The minimum Gasteiger partial charge on any atom is -0.457 e. The van der Waals surface area contributed by atoms with E-state index < -0.39 is 5.97 Å². The molecule has 0 spiro atoms. The number of rotatable bonds is 3. The van der Waals surface area contributed by atoms with Crippen LogP contribution in [0.4, 0.5) is 5.69 Å². The van der Waals surface area contributed by atoms with Gasteiger partial charge in [0.15, 0.2) is 0 Å². The number of hydrogen-bond donors (Lipinski definition) is 1. The van der Waals surface area contributed by atoms with E-state index in [1.165, 1.54) is 0 Å². The summed E-state index contributed by atoms with van der Waals surface area (Å²) in [6.45, 7) is 0.189. The lowest BCUT2D eigenvalue weighted by molar-refractivity contribution is 0.0473. The third kappa shape index (κ3) is 3.25. The Morgan fingerprint density at radius 1 is 1.17 bits per heavy atom. The molecule has 18 heavy (non-hydrogen) atoms. The van der Waals surface area contributed by atoms with E-state index in [9.17, 15) is 4.79 Å². The van der Waals surface area contributed by atoms with Crippen LogP contribution in [0.5, 0.6) is 0 Å². The van der Waals surface area contributed by atoms with E-state index in [2.05, 4.69) is 0 Å². The average molecular weight is 262 g/mol. The highest BCUT2D eigenvalue weighted by molar-refractivity contribution is 6.30. The maximum absolute atomic E-state index is 11.7. The Morgan fingerprint density at radius 2 is 1.94 bits per heavy atom. The van der Waals surface area contributed by atoms with E-state index in [-0.39, 0.29) is 6.61 Å². The van der Waals surface area contributed by atoms with Gasteiger partial charge in [-0.2, -0.15) is 0 Å². The first-order valence-electron chi connectivity index (χ1n) is 5.42. The highest BCUT2D eigenvalue weighted by atomic mass is 35.5. The van der Waals surface area contributed by atoms with Gasteiger partial charge in [0.05, 0.1) is 5.56 Å². The summed E-state index contributed by atoms with van der Waals surface area (Å²) in [6, 6.07) is 13.9. The van der Waals surface area contributed by atoms with E-state index >= 15 is 0 Å². The largest absolute Gasteiger partial charge is 0.457 e. The number of nitrogen functional groups attached to an aromatic ring is 1. The maximum atomic E-state index is 11.7. The van der Waals surface area contributed by atoms with Crippen molar-refractivity contribution in [2.45, 2.75) is 6.61 Å². The van der Waals surface area contributed by atoms with Crippen LogP contribution in [0.2, 0.25) is 5.02 Å². The smallest absolute Gasteiger partial charge is 0.338 e. The predicted octanol–water partition coefficient (Wildman–Crippen LogP) is 3.28. The van der Waals surface area contributed by atoms with Gasteiger partial charge in [0, 0.05) is 10.7 Å². The highest BCUT2D eigenvalue weighted by Gasteiger charge is 2.07. The standard InChI is InChI=1S/C14H12ClNO2/c15-12-5-1-3-10(7-12)9-18-14(17)11-4-2-6-13(16)8-11/h1-8H,9,16H2. The van der Waals surface area contributed by atoms with Crippen molar-refractivity contribution in [1.82, 2.24) is 0 Å². The Labute approximate surface area is 110 Å². The van der Waals surface area contributed by atoms with Crippen LogP contribution in [0.1, 0.15) is 15.9 Å². The number of ether oxygens (including phenoxy) is 1. The lowest BCUT2D eigenvalue weighted by atomic mass is 10.2. The predicted molar refractivity (Wildman–Crippen MR) is 71.4 cm³/mol. The summed E-state index contributed by atoms with van der Waals surface area (Å²) >= 11 is 5.84. The van der Waals surface area contributed by atoms with E-state index in [0.29, 0.717) is 16.3 Å². The second kappa shape index (κ2) is 5.56. The zero-order valence-electron chi connectivity index (χ0n) is 9.60. The van der Waals surface area contributed by atoms with Crippen LogP contribution < -0.4 is 5.73 Å². The molecule has 0 unspecified atom stereocenters. The third-order valence-corrected chi connectivity index (χ3v) is 2.62. The number of carbonyl (C=O) groups is 1. The normalized spacial score (nSPS) is 10.1. The van der Waals surface area contributed by atoms with Gasteiger partial charge in [0.1, 0.15) is 6.61 Å². The fourth-order valence-electron chi connectivity index (χ4n) is 1.52. The molecule has 92 valence electrons. The zero-order chi connectivity index (χ0) is 13.0. The lowest BCUT2D eigenvalue weighted by Gasteiger charge is -2.05. The SMILES string of the molecule is Nc1cccc(C(=O)OCc2cccc(Cl)c2)c1. The summed E-state index contributed by atoms with van der Waals surface area (Å²) in [5.74, 6) is -0.401. The molecule has 0 amide bonds. The number of esters is 1. The molecule has 0 heterocycles. The van der Waals surface area contributed by atoms with Crippen molar-refractivity contribution in [3.63, 3.8) is 0 Å². The molecular formula is C14H12ClNO2. The Balaban J connectivity index is 2.00.